The Hall–Kier alpha value is -0.660. The maximum atomic E-state index is 12.8. The first-order valence-corrected chi connectivity index (χ1v) is 27.4. The molecule has 0 saturated heterocycles. The minimum atomic E-state index is -5.01. The summed E-state index contributed by atoms with van der Waals surface area (Å²) in [4.78, 5) is 23.2. The van der Waals surface area contributed by atoms with Gasteiger partial charge in [0.1, 0.15) is 42.7 Å². The largest absolute Gasteiger partial charge is 0.472 e. The predicted octanol–water partition coefficient (Wildman–Crippen LogP) is 11.3. The third kappa shape index (κ3) is 32.1. The highest BCUT2D eigenvalue weighted by Gasteiger charge is 2.51. The molecule has 6 N–H and O–H groups in total. The Kier molecular flexibility index (Phi) is 38.9. The predicted molar refractivity (Wildman–Crippen MR) is 249 cm³/mol. The highest BCUT2D eigenvalue weighted by molar-refractivity contribution is 7.47. The molecule has 13 heteroatoms. The molecule has 0 aromatic rings. The van der Waals surface area contributed by atoms with Gasteiger partial charge in [0, 0.05) is 13.0 Å². The molecule has 1 rings (SSSR count). The minimum Gasteiger partial charge on any atom is -0.457 e. The summed E-state index contributed by atoms with van der Waals surface area (Å²) in [6.07, 6.45) is 31.7. The number of hydrogen-bond donors (Lipinski definition) is 6. The van der Waals surface area contributed by atoms with Gasteiger partial charge in [0.15, 0.2) is 0 Å². The molecule has 0 radical (unpaired) electrons. The van der Waals surface area contributed by atoms with E-state index >= 15 is 0 Å². The maximum Gasteiger partial charge on any atom is 0.472 e. The SMILES string of the molecule is CCCCCCCCCCCCCCCCCCCCC(=O)OC(COCCCCCCCCCCCCCCCCCCC)COP(=O)(O)OC1C(O)C(O)C(O)C(O)C1O. The number of hydrogen-bond acceptors (Lipinski definition) is 11. The molecule has 0 heterocycles. The van der Waals surface area contributed by atoms with Gasteiger partial charge in [-0.05, 0) is 12.8 Å². The van der Waals surface area contributed by atoms with Crippen molar-refractivity contribution < 1.29 is 58.3 Å². The number of rotatable bonds is 45. The molecule has 62 heavy (non-hydrogen) atoms. The van der Waals surface area contributed by atoms with Crippen LogP contribution in [0.5, 0.6) is 0 Å². The molecule has 0 amide bonds. The lowest BCUT2D eigenvalue weighted by Gasteiger charge is -2.41. The molecular weight excluding hydrogens is 812 g/mol. The maximum absolute atomic E-state index is 12.8. The smallest absolute Gasteiger partial charge is 0.457 e. The van der Waals surface area contributed by atoms with Gasteiger partial charge in [-0.3, -0.25) is 13.8 Å². The molecule has 0 aromatic carbocycles. The summed E-state index contributed by atoms with van der Waals surface area (Å²) in [6, 6.07) is 0. The van der Waals surface area contributed by atoms with Crippen molar-refractivity contribution in [2.24, 2.45) is 0 Å². The van der Waals surface area contributed by atoms with Gasteiger partial charge in [-0.2, -0.15) is 0 Å². The van der Waals surface area contributed by atoms with Gasteiger partial charge in [-0.25, -0.2) is 4.57 Å². The fraction of sp³-hybridized carbons (Fsp3) is 0.980. The molecule has 6 unspecified atom stereocenters. The van der Waals surface area contributed by atoms with Crippen molar-refractivity contribution in [3.05, 3.63) is 0 Å². The summed E-state index contributed by atoms with van der Waals surface area (Å²) in [5, 5.41) is 50.3. The molecule has 0 aromatic heterocycles. The van der Waals surface area contributed by atoms with Crippen molar-refractivity contribution in [1.82, 2.24) is 0 Å². The van der Waals surface area contributed by atoms with E-state index in [2.05, 4.69) is 13.8 Å². The Morgan fingerprint density at radius 3 is 1.11 bits per heavy atom. The van der Waals surface area contributed by atoms with Crippen LogP contribution in [0.4, 0.5) is 0 Å². The zero-order valence-corrected chi connectivity index (χ0v) is 40.6. The average Bonchev–Trinajstić information content (AvgIpc) is 3.26. The van der Waals surface area contributed by atoms with Gasteiger partial charge in [0.25, 0.3) is 0 Å². The zero-order chi connectivity index (χ0) is 45.5. The highest BCUT2D eigenvalue weighted by Crippen LogP contribution is 2.47. The number of aliphatic hydroxyl groups excluding tert-OH is 5. The zero-order valence-electron chi connectivity index (χ0n) is 39.7. The van der Waals surface area contributed by atoms with E-state index in [9.17, 15) is 39.8 Å². The third-order valence-corrected chi connectivity index (χ3v) is 13.5. The minimum absolute atomic E-state index is 0.0674. The van der Waals surface area contributed by atoms with E-state index in [0.717, 1.165) is 38.5 Å². The molecule has 1 fully saturated rings. The van der Waals surface area contributed by atoms with Crippen molar-refractivity contribution in [3.8, 4) is 0 Å². The lowest BCUT2D eigenvalue weighted by Crippen LogP contribution is -2.64. The van der Waals surface area contributed by atoms with Gasteiger partial charge in [-0.1, -0.05) is 226 Å². The quantitative estimate of drug-likeness (QED) is 0.0193. The second kappa shape index (κ2) is 40.6. The molecule has 1 aliphatic carbocycles. The van der Waals surface area contributed by atoms with Crippen LogP contribution in [-0.4, -0.2) is 98.9 Å². The topological polar surface area (TPSA) is 192 Å². The first kappa shape index (κ1) is 59.4. The number of ether oxygens (including phenoxy) is 2. The Labute approximate surface area is 378 Å². The monoisotopic (exact) mass is 909 g/mol. The lowest BCUT2D eigenvalue weighted by molar-refractivity contribution is -0.220. The molecular formula is C49H97O12P. The average molecular weight is 909 g/mol. The molecule has 0 aliphatic heterocycles. The van der Waals surface area contributed by atoms with Crippen molar-refractivity contribution in [2.45, 2.75) is 288 Å². The van der Waals surface area contributed by atoms with Crippen molar-refractivity contribution in [2.75, 3.05) is 19.8 Å². The second-order valence-corrected chi connectivity index (χ2v) is 19.8. The number of phosphoric acid groups is 1. The summed E-state index contributed by atoms with van der Waals surface area (Å²) in [5.41, 5.74) is 0. The third-order valence-electron chi connectivity index (χ3n) is 12.5. The first-order valence-electron chi connectivity index (χ1n) is 25.9. The summed E-state index contributed by atoms with van der Waals surface area (Å²) < 4.78 is 34.3. The van der Waals surface area contributed by atoms with E-state index in [4.69, 9.17) is 18.5 Å². The van der Waals surface area contributed by atoms with E-state index in [1.807, 2.05) is 0 Å². The lowest BCUT2D eigenvalue weighted by atomic mass is 9.85. The van der Waals surface area contributed by atoms with Crippen LogP contribution >= 0.6 is 7.82 Å². The van der Waals surface area contributed by atoms with E-state index in [1.165, 1.54) is 180 Å². The number of esters is 1. The van der Waals surface area contributed by atoms with Gasteiger partial charge in [0.05, 0.1) is 13.2 Å². The molecule has 0 bridgehead atoms. The van der Waals surface area contributed by atoms with Gasteiger partial charge in [-0.15, -0.1) is 0 Å². The Bertz CT molecular complexity index is 1040. The van der Waals surface area contributed by atoms with E-state index in [1.54, 1.807) is 0 Å². The molecule has 6 atom stereocenters. The van der Waals surface area contributed by atoms with Crippen LogP contribution in [0.2, 0.25) is 0 Å². The number of aliphatic hydroxyl groups is 5. The standard InChI is InChI=1S/C49H97O12P/c1-3-5-7-9-11-13-15-17-19-21-22-24-26-28-30-32-34-36-38-43(50)60-42(41-59-62(56,57)61-49-47(54)45(52)44(51)46(53)48(49)55)40-58-39-37-35-33-31-29-27-25-23-20-18-16-14-12-10-8-6-4-2/h42,44-49,51-55H,3-41H2,1-2H3,(H,56,57). The van der Waals surface area contributed by atoms with Gasteiger partial charge >= 0.3 is 13.8 Å². The molecule has 1 aliphatic rings. The highest BCUT2D eigenvalue weighted by atomic mass is 31.2. The molecule has 370 valence electrons. The van der Waals surface area contributed by atoms with Gasteiger partial charge in [0.2, 0.25) is 0 Å². The summed E-state index contributed by atoms with van der Waals surface area (Å²) in [5.74, 6) is -0.469. The van der Waals surface area contributed by atoms with Crippen molar-refractivity contribution >= 4 is 13.8 Å². The van der Waals surface area contributed by atoms with Crippen LogP contribution in [0.1, 0.15) is 245 Å². The van der Waals surface area contributed by atoms with Crippen molar-refractivity contribution in [1.29, 1.82) is 0 Å². The fourth-order valence-corrected chi connectivity index (χ4v) is 9.33. The molecule has 12 nitrogen and oxygen atoms in total. The number of carbonyl (C=O) groups is 1. The molecule has 0 spiro atoms. The van der Waals surface area contributed by atoms with E-state index in [-0.39, 0.29) is 13.0 Å². The summed E-state index contributed by atoms with van der Waals surface area (Å²) in [6.45, 7) is 4.32. The Morgan fingerprint density at radius 2 is 0.758 bits per heavy atom. The van der Waals surface area contributed by atoms with E-state index < -0.39 is 63.1 Å². The van der Waals surface area contributed by atoms with Crippen LogP contribution in [0, 0.1) is 0 Å². The van der Waals surface area contributed by atoms with Crippen LogP contribution in [-0.2, 0) is 27.9 Å². The second-order valence-electron chi connectivity index (χ2n) is 18.4. The van der Waals surface area contributed by atoms with Crippen LogP contribution in [0.15, 0.2) is 0 Å². The van der Waals surface area contributed by atoms with Gasteiger partial charge < -0.3 is 39.9 Å². The van der Waals surface area contributed by atoms with Crippen molar-refractivity contribution in [3.63, 3.8) is 0 Å². The number of unbranched alkanes of at least 4 members (excludes halogenated alkanes) is 33. The molecule has 1 saturated carbocycles. The van der Waals surface area contributed by atoms with Crippen LogP contribution in [0.3, 0.4) is 0 Å². The number of phosphoric ester groups is 1. The fourth-order valence-electron chi connectivity index (χ4n) is 8.36. The normalized spacial score (nSPS) is 21.9. The van der Waals surface area contributed by atoms with E-state index in [0.29, 0.717) is 13.0 Å². The summed E-state index contributed by atoms with van der Waals surface area (Å²) >= 11 is 0. The van der Waals surface area contributed by atoms with Crippen LogP contribution < -0.4 is 0 Å². The Morgan fingerprint density at radius 1 is 0.452 bits per heavy atom. The number of carbonyl (C=O) groups excluding carboxylic acids is 1. The summed E-state index contributed by atoms with van der Waals surface area (Å²) in [7, 11) is -5.01. The first-order chi connectivity index (χ1) is 30.0. The Balaban J connectivity index is 2.32. The van der Waals surface area contributed by atoms with Crippen LogP contribution in [0.25, 0.3) is 0 Å².